The molecule has 0 radical (unpaired) electrons. The molecule has 0 fully saturated rings. The number of benzene rings is 3. The number of carbonyl (C=O) groups is 2. The van der Waals surface area contributed by atoms with E-state index in [1.54, 1.807) is 31.2 Å². The lowest BCUT2D eigenvalue weighted by atomic mass is 9.98. The Bertz CT molecular complexity index is 1000. The fraction of sp³-hybridized carbons (Fsp3) is 0.200. The maximum absolute atomic E-state index is 12.6. The lowest BCUT2D eigenvalue weighted by Crippen LogP contribution is -2.36. The second-order valence-electron chi connectivity index (χ2n) is 7.07. The number of esters is 1. The monoisotopic (exact) mass is 401 g/mol. The minimum atomic E-state index is -0.915. The molecule has 1 aliphatic rings. The van der Waals surface area contributed by atoms with Gasteiger partial charge < -0.3 is 14.8 Å². The van der Waals surface area contributed by atoms with Crippen LogP contribution < -0.4 is 5.32 Å². The van der Waals surface area contributed by atoms with E-state index in [1.165, 1.54) is 0 Å². The Morgan fingerprint density at radius 1 is 0.833 bits per heavy atom. The first-order chi connectivity index (χ1) is 14.7. The summed E-state index contributed by atoms with van der Waals surface area (Å²) in [6.45, 7) is 2.14. The van der Waals surface area contributed by atoms with Crippen molar-refractivity contribution >= 4 is 12.1 Å². The standard InChI is InChI=1S/C25H23NO4/c1-2-29-24(27)23(17-10-4-3-5-11-17)26-25(28)30-16-22-20-14-8-6-12-18(20)19-13-7-9-15-21(19)22/h3-15,22-23H,2,16H2,1H3,(H,26,28). The average Bonchev–Trinajstić information content (AvgIpc) is 3.10. The Labute approximate surface area is 175 Å². The van der Waals surface area contributed by atoms with Crippen molar-refractivity contribution in [2.75, 3.05) is 13.2 Å². The molecule has 1 N–H and O–H groups in total. The van der Waals surface area contributed by atoms with E-state index in [4.69, 9.17) is 9.47 Å². The first kappa shape index (κ1) is 19.7. The predicted molar refractivity (Wildman–Crippen MR) is 114 cm³/mol. The van der Waals surface area contributed by atoms with E-state index in [1.807, 2.05) is 30.3 Å². The van der Waals surface area contributed by atoms with E-state index in [0.717, 1.165) is 22.3 Å². The molecule has 0 saturated carbocycles. The van der Waals surface area contributed by atoms with Crippen molar-refractivity contribution in [3.05, 3.63) is 95.6 Å². The number of amides is 1. The molecule has 0 aliphatic heterocycles. The molecule has 3 aromatic rings. The number of rotatable bonds is 6. The Morgan fingerprint density at radius 3 is 2.00 bits per heavy atom. The molecule has 152 valence electrons. The second-order valence-corrected chi connectivity index (χ2v) is 7.07. The van der Waals surface area contributed by atoms with Crippen molar-refractivity contribution in [3.63, 3.8) is 0 Å². The van der Waals surface area contributed by atoms with Gasteiger partial charge in [-0.1, -0.05) is 78.9 Å². The summed E-state index contributed by atoms with van der Waals surface area (Å²) >= 11 is 0. The van der Waals surface area contributed by atoms with E-state index in [0.29, 0.717) is 5.56 Å². The molecular weight excluding hydrogens is 378 g/mol. The van der Waals surface area contributed by atoms with Gasteiger partial charge in [0.15, 0.2) is 6.04 Å². The van der Waals surface area contributed by atoms with Crippen molar-refractivity contribution < 1.29 is 19.1 Å². The van der Waals surface area contributed by atoms with Gasteiger partial charge in [-0.15, -0.1) is 0 Å². The van der Waals surface area contributed by atoms with Gasteiger partial charge in [0.25, 0.3) is 0 Å². The van der Waals surface area contributed by atoms with E-state index in [9.17, 15) is 9.59 Å². The lowest BCUT2D eigenvalue weighted by molar-refractivity contribution is -0.145. The Morgan fingerprint density at radius 2 is 1.40 bits per heavy atom. The van der Waals surface area contributed by atoms with E-state index < -0.39 is 18.1 Å². The largest absolute Gasteiger partial charge is 0.464 e. The highest BCUT2D eigenvalue weighted by atomic mass is 16.6. The van der Waals surface area contributed by atoms with Crippen LogP contribution in [0.5, 0.6) is 0 Å². The highest BCUT2D eigenvalue weighted by Crippen LogP contribution is 2.44. The highest BCUT2D eigenvalue weighted by molar-refractivity contribution is 5.83. The number of ether oxygens (including phenoxy) is 2. The van der Waals surface area contributed by atoms with Crippen LogP contribution in [0.1, 0.15) is 35.6 Å². The number of hydrogen-bond acceptors (Lipinski definition) is 4. The fourth-order valence-corrected chi connectivity index (χ4v) is 3.91. The Balaban J connectivity index is 1.48. The summed E-state index contributed by atoms with van der Waals surface area (Å²) in [4.78, 5) is 24.9. The van der Waals surface area contributed by atoms with Crippen LogP contribution in [0.4, 0.5) is 4.79 Å². The predicted octanol–water partition coefficient (Wildman–Crippen LogP) is 4.83. The normalized spacial score (nSPS) is 13.1. The van der Waals surface area contributed by atoms with Crippen LogP contribution >= 0.6 is 0 Å². The van der Waals surface area contributed by atoms with E-state index in [-0.39, 0.29) is 19.1 Å². The smallest absolute Gasteiger partial charge is 0.408 e. The van der Waals surface area contributed by atoms with Crippen LogP contribution in [0.25, 0.3) is 11.1 Å². The highest BCUT2D eigenvalue weighted by Gasteiger charge is 2.30. The zero-order chi connectivity index (χ0) is 20.9. The molecule has 1 amide bonds. The molecule has 30 heavy (non-hydrogen) atoms. The first-order valence-corrected chi connectivity index (χ1v) is 10.0. The molecule has 0 aromatic heterocycles. The number of hydrogen-bond donors (Lipinski definition) is 1. The average molecular weight is 401 g/mol. The van der Waals surface area contributed by atoms with E-state index in [2.05, 4.69) is 29.6 Å². The molecule has 1 unspecified atom stereocenters. The van der Waals surface area contributed by atoms with Crippen molar-refractivity contribution in [2.24, 2.45) is 0 Å². The minimum Gasteiger partial charge on any atom is -0.464 e. The number of carbonyl (C=O) groups excluding carboxylic acids is 2. The summed E-state index contributed by atoms with van der Waals surface area (Å²) in [6, 6.07) is 24.4. The third kappa shape index (κ3) is 3.92. The first-order valence-electron chi connectivity index (χ1n) is 10.0. The summed E-state index contributed by atoms with van der Waals surface area (Å²) in [7, 11) is 0. The second kappa shape index (κ2) is 8.82. The SMILES string of the molecule is CCOC(=O)C(NC(=O)OCC1c2ccccc2-c2ccccc21)c1ccccc1. The van der Waals surface area contributed by atoms with Gasteiger partial charge in [-0.05, 0) is 34.7 Å². The van der Waals surface area contributed by atoms with Gasteiger partial charge in [0.05, 0.1) is 6.61 Å². The molecule has 0 spiro atoms. The minimum absolute atomic E-state index is 0.0408. The summed E-state index contributed by atoms with van der Waals surface area (Å²) in [5.41, 5.74) is 5.24. The van der Waals surface area contributed by atoms with Gasteiger partial charge in [0.2, 0.25) is 0 Å². The molecule has 4 rings (SSSR count). The number of alkyl carbamates (subject to hydrolysis) is 1. The fourth-order valence-electron chi connectivity index (χ4n) is 3.91. The van der Waals surface area contributed by atoms with Crippen LogP contribution in [-0.2, 0) is 14.3 Å². The molecule has 1 atom stereocenters. The molecule has 1 aliphatic carbocycles. The number of fused-ring (bicyclic) bond motifs is 3. The van der Waals surface area contributed by atoms with Crippen molar-refractivity contribution in [2.45, 2.75) is 18.9 Å². The number of nitrogens with one attached hydrogen (secondary N) is 1. The van der Waals surface area contributed by atoms with Gasteiger partial charge in [-0.2, -0.15) is 0 Å². The van der Waals surface area contributed by atoms with Gasteiger partial charge >= 0.3 is 12.1 Å². The van der Waals surface area contributed by atoms with Crippen LogP contribution in [0, 0.1) is 0 Å². The third-order valence-corrected chi connectivity index (χ3v) is 5.26. The van der Waals surface area contributed by atoms with Crippen LogP contribution in [0.2, 0.25) is 0 Å². The molecule has 5 heteroatoms. The summed E-state index contributed by atoms with van der Waals surface area (Å²) in [5.74, 6) is -0.557. The van der Waals surface area contributed by atoms with E-state index >= 15 is 0 Å². The summed E-state index contributed by atoms with van der Waals surface area (Å²) < 4.78 is 10.7. The molecule has 0 saturated heterocycles. The summed E-state index contributed by atoms with van der Waals surface area (Å²) in [6.07, 6.45) is -0.654. The zero-order valence-electron chi connectivity index (χ0n) is 16.7. The van der Waals surface area contributed by atoms with Crippen LogP contribution in [-0.4, -0.2) is 25.3 Å². The molecule has 3 aromatic carbocycles. The Hall–Kier alpha value is -3.60. The molecule has 0 heterocycles. The topological polar surface area (TPSA) is 64.6 Å². The summed E-state index contributed by atoms with van der Waals surface area (Å²) in [5, 5.41) is 2.65. The maximum Gasteiger partial charge on any atom is 0.408 e. The third-order valence-electron chi connectivity index (χ3n) is 5.26. The van der Waals surface area contributed by atoms with Crippen molar-refractivity contribution in [1.82, 2.24) is 5.32 Å². The van der Waals surface area contributed by atoms with Crippen molar-refractivity contribution in [1.29, 1.82) is 0 Å². The van der Waals surface area contributed by atoms with Gasteiger partial charge in [-0.25, -0.2) is 9.59 Å². The molecule has 0 bridgehead atoms. The van der Waals surface area contributed by atoms with Gasteiger partial charge in [0, 0.05) is 5.92 Å². The zero-order valence-corrected chi connectivity index (χ0v) is 16.7. The van der Waals surface area contributed by atoms with Gasteiger partial charge in [-0.3, -0.25) is 0 Å². The maximum atomic E-state index is 12.6. The molecule has 5 nitrogen and oxygen atoms in total. The van der Waals surface area contributed by atoms with Gasteiger partial charge in [0.1, 0.15) is 6.61 Å². The molecular formula is C25H23NO4. The van der Waals surface area contributed by atoms with Crippen LogP contribution in [0.3, 0.4) is 0 Å². The van der Waals surface area contributed by atoms with Crippen LogP contribution in [0.15, 0.2) is 78.9 Å². The quantitative estimate of drug-likeness (QED) is 0.601. The lowest BCUT2D eigenvalue weighted by Gasteiger charge is -2.19. The van der Waals surface area contributed by atoms with Crippen molar-refractivity contribution in [3.8, 4) is 11.1 Å². The Kier molecular flexibility index (Phi) is 5.80.